The molecular formula is C10H21NO. The van der Waals surface area contributed by atoms with Gasteiger partial charge < -0.3 is 5.11 Å². The highest BCUT2D eigenvalue weighted by Gasteiger charge is 2.31. The van der Waals surface area contributed by atoms with Crippen molar-refractivity contribution in [3.05, 3.63) is 0 Å². The fourth-order valence-electron chi connectivity index (χ4n) is 2.17. The van der Waals surface area contributed by atoms with E-state index >= 15 is 0 Å². The molecule has 1 fully saturated rings. The number of hydrogen-bond acceptors (Lipinski definition) is 2. The van der Waals surface area contributed by atoms with E-state index in [2.05, 4.69) is 25.7 Å². The summed E-state index contributed by atoms with van der Waals surface area (Å²) in [5.41, 5.74) is 0. The van der Waals surface area contributed by atoms with Crippen LogP contribution in [0.15, 0.2) is 0 Å². The summed E-state index contributed by atoms with van der Waals surface area (Å²) in [7, 11) is 0. The highest BCUT2D eigenvalue weighted by molar-refractivity contribution is 4.86. The summed E-state index contributed by atoms with van der Waals surface area (Å²) in [4.78, 5) is 2.42. The van der Waals surface area contributed by atoms with Crippen LogP contribution in [0, 0.1) is 0 Å². The molecule has 0 aromatic rings. The molecule has 12 heavy (non-hydrogen) atoms. The Hall–Kier alpha value is -0.0800. The van der Waals surface area contributed by atoms with E-state index in [9.17, 15) is 5.11 Å². The minimum Gasteiger partial charge on any atom is -0.392 e. The van der Waals surface area contributed by atoms with E-state index in [4.69, 9.17) is 0 Å². The zero-order valence-corrected chi connectivity index (χ0v) is 8.45. The molecule has 0 aromatic heterocycles. The zero-order valence-electron chi connectivity index (χ0n) is 8.45. The standard InChI is InChI=1S/C10H21NO/c1-4-5-9-6-10(12)7-11(9)8(2)3/h8-10,12H,4-7H2,1-3H3. The van der Waals surface area contributed by atoms with Crippen molar-refractivity contribution in [2.75, 3.05) is 6.54 Å². The van der Waals surface area contributed by atoms with Crippen LogP contribution in [-0.4, -0.2) is 34.7 Å². The molecule has 0 saturated carbocycles. The molecule has 1 rings (SSSR count). The Bertz CT molecular complexity index is 136. The number of aliphatic hydroxyl groups is 1. The number of hydrogen-bond donors (Lipinski definition) is 1. The highest BCUT2D eigenvalue weighted by atomic mass is 16.3. The normalized spacial score (nSPS) is 31.8. The zero-order chi connectivity index (χ0) is 9.14. The van der Waals surface area contributed by atoms with Crippen LogP contribution in [0.2, 0.25) is 0 Å². The molecule has 1 heterocycles. The van der Waals surface area contributed by atoms with Gasteiger partial charge in [-0.15, -0.1) is 0 Å². The molecule has 1 N–H and O–H groups in total. The van der Waals surface area contributed by atoms with Gasteiger partial charge in [0.25, 0.3) is 0 Å². The van der Waals surface area contributed by atoms with E-state index in [1.165, 1.54) is 12.8 Å². The Kier molecular flexibility index (Phi) is 3.53. The molecular weight excluding hydrogens is 150 g/mol. The molecule has 1 aliphatic heterocycles. The quantitative estimate of drug-likeness (QED) is 0.697. The summed E-state index contributed by atoms with van der Waals surface area (Å²) in [6.45, 7) is 7.51. The van der Waals surface area contributed by atoms with E-state index < -0.39 is 0 Å². The maximum atomic E-state index is 9.50. The van der Waals surface area contributed by atoms with Crippen molar-refractivity contribution >= 4 is 0 Å². The molecule has 72 valence electrons. The molecule has 0 aliphatic carbocycles. The average molecular weight is 171 g/mol. The van der Waals surface area contributed by atoms with Crippen molar-refractivity contribution in [1.82, 2.24) is 4.90 Å². The number of aliphatic hydroxyl groups excluding tert-OH is 1. The molecule has 2 atom stereocenters. The van der Waals surface area contributed by atoms with Crippen LogP contribution in [0.4, 0.5) is 0 Å². The molecule has 0 spiro atoms. The van der Waals surface area contributed by atoms with Crippen molar-refractivity contribution < 1.29 is 5.11 Å². The molecule has 2 heteroatoms. The van der Waals surface area contributed by atoms with Gasteiger partial charge in [-0.2, -0.15) is 0 Å². The lowest BCUT2D eigenvalue weighted by atomic mass is 10.1. The first-order chi connectivity index (χ1) is 5.65. The lowest BCUT2D eigenvalue weighted by molar-refractivity contribution is 0.157. The van der Waals surface area contributed by atoms with Crippen LogP contribution < -0.4 is 0 Å². The van der Waals surface area contributed by atoms with Crippen molar-refractivity contribution in [1.29, 1.82) is 0 Å². The van der Waals surface area contributed by atoms with Gasteiger partial charge in [0.05, 0.1) is 6.10 Å². The molecule has 0 radical (unpaired) electrons. The summed E-state index contributed by atoms with van der Waals surface area (Å²) < 4.78 is 0. The van der Waals surface area contributed by atoms with Gasteiger partial charge in [-0.25, -0.2) is 0 Å². The second-order valence-electron chi connectivity index (χ2n) is 4.12. The van der Waals surface area contributed by atoms with Crippen molar-refractivity contribution in [2.45, 2.75) is 58.2 Å². The monoisotopic (exact) mass is 171 g/mol. The van der Waals surface area contributed by atoms with Crippen LogP contribution in [0.1, 0.15) is 40.0 Å². The maximum Gasteiger partial charge on any atom is 0.0682 e. The average Bonchev–Trinajstić information content (AvgIpc) is 2.32. The smallest absolute Gasteiger partial charge is 0.0682 e. The van der Waals surface area contributed by atoms with Gasteiger partial charge >= 0.3 is 0 Å². The summed E-state index contributed by atoms with van der Waals surface area (Å²) in [5.74, 6) is 0. The predicted octanol–water partition coefficient (Wildman–Crippen LogP) is 1.63. The van der Waals surface area contributed by atoms with Crippen molar-refractivity contribution in [3.8, 4) is 0 Å². The number of nitrogens with zero attached hydrogens (tertiary/aromatic N) is 1. The molecule has 2 nitrogen and oxygen atoms in total. The minimum atomic E-state index is -0.0797. The Balaban J connectivity index is 2.47. The lowest BCUT2D eigenvalue weighted by Gasteiger charge is -2.27. The van der Waals surface area contributed by atoms with Crippen LogP contribution >= 0.6 is 0 Å². The van der Waals surface area contributed by atoms with Crippen molar-refractivity contribution in [2.24, 2.45) is 0 Å². The number of β-amino-alcohol motifs (C(OH)–C–C–N with tert-alkyl or cyclic N) is 1. The van der Waals surface area contributed by atoms with Crippen LogP contribution in [0.3, 0.4) is 0 Å². The van der Waals surface area contributed by atoms with E-state index in [0.29, 0.717) is 12.1 Å². The third-order valence-electron chi connectivity index (χ3n) is 2.72. The second kappa shape index (κ2) is 4.24. The van der Waals surface area contributed by atoms with Gasteiger partial charge in [-0.3, -0.25) is 4.90 Å². The first kappa shape index (κ1) is 10.0. The van der Waals surface area contributed by atoms with Gasteiger partial charge in [0.2, 0.25) is 0 Å². The van der Waals surface area contributed by atoms with E-state index in [0.717, 1.165) is 13.0 Å². The van der Waals surface area contributed by atoms with Gasteiger partial charge in [-0.1, -0.05) is 13.3 Å². The third-order valence-corrected chi connectivity index (χ3v) is 2.72. The Labute approximate surface area is 75.6 Å². The molecule has 0 bridgehead atoms. The molecule has 2 unspecified atom stereocenters. The first-order valence-corrected chi connectivity index (χ1v) is 5.09. The second-order valence-corrected chi connectivity index (χ2v) is 4.12. The van der Waals surface area contributed by atoms with Crippen LogP contribution in [0.25, 0.3) is 0 Å². The minimum absolute atomic E-state index is 0.0797. The summed E-state index contributed by atoms with van der Waals surface area (Å²) in [6, 6.07) is 1.21. The van der Waals surface area contributed by atoms with Gasteiger partial charge in [-0.05, 0) is 26.7 Å². The topological polar surface area (TPSA) is 23.5 Å². The van der Waals surface area contributed by atoms with Gasteiger partial charge in [0.15, 0.2) is 0 Å². The molecule has 0 aromatic carbocycles. The highest BCUT2D eigenvalue weighted by Crippen LogP contribution is 2.23. The Morgan fingerprint density at radius 3 is 2.67 bits per heavy atom. The van der Waals surface area contributed by atoms with E-state index in [1.54, 1.807) is 0 Å². The fourth-order valence-corrected chi connectivity index (χ4v) is 2.17. The SMILES string of the molecule is CCCC1CC(O)CN1C(C)C. The number of rotatable bonds is 3. The maximum absolute atomic E-state index is 9.50. The number of likely N-dealkylation sites (tertiary alicyclic amines) is 1. The van der Waals surface area contributed by atoms with Crippen molar-refractivity contribution in [3.63, 3.8) is 0 Å². The lowest BCUT2D eigenvalue weighted by Crippen LogP contribution is -2.35. The molecule has 0 amide bonds. The van der Waals surface area contributed by atoms with Gasteiger partial charge in [0, 0.05) is 18.6 Å². The Morgan fingerprint density at radius 1 is 1.50 bits per heavy atom. The molecule has 1 saturated heterocycles. The largest absolute Gasteiger partial charge is 0.392 e. The van der Waals surface area contributed by atoms with Crippen LogP contribution in [0.5, 0.6) is 0 Å². The van der Waals surface area contributed by atoms with E-state index in [1.807, 2.05) is 0 Å². The summed E-state index contributed by atoms with van der Waals surface area (Å²) in [6.07, 6.45) is 3.35. The molecule has 1 aliphatic rings. The van der Waals surface area contributed by atoms with E-state index in [-0.39, 0.29) is 6.10 Å². The Morgan fingerprint density at radius 2 is 2.17 bits per heavy atom. The van der Waals surface area contributed by atoms with Crippen LogP contribution in [-0.2, 0) is 0 Å². The first-order valence-electron chi connectivity index (χ1n) is 5.09. The summed E-state index contributed by atoms with van der Waals surface area (Å²) >= 11 is 0. The predicted molar refractivity (Wildman–Crippen MR) is 51.2 cm³/mol. The summed E-state index contributed by atoms with van der Waals surface area (Å²) in [5, 5.41) is 9.50. The third kappa shape index (κ3) is 2.20. The fraction of sp³-hybridized carbons (Fsp3) is 1.00. The van der Waals surface area contributed by atoms with Gasteiger partial charge in [0.1, 0.15) is 0 Å².